The van der Waals surface area contributed by atoms with Crippen molar-refractivity contribution >= 4 is 23.5 Å². The fourth-order valence-electron chi connectivity index (χ4n) is 3.41. The monoisotopic (exact) mass is 592 g/mol. The van der Waals surface area contributed by atoms with Crippen molar-refractivity contribution in [2.45, 2.75) is 90.9 Å². The van der Waals surface area contributed by atoms with Crippen molar-refractivity contribution in [2.24, 2.45) is 0 Å². The van der Waals surface area contributed by atoms with Crippen LogP contribution in [0.3, 0.4) is 0 Å². The van der Waals surface area contributed by atoms with Crippen LogP contribution >= 0.6 is 0 Å². The average Bonchev–Trinajstić information content (AvgIpc) is 2.82. The van der Waals surface area contributed by atoms with E-state index in [1.807, 2.05) is 39.6 Å². The fraction of sp³-hybridized carbons (Fsp3) is 0.556. The summed E-state index contributed by atoms with van der Waals surface area (Å²) in [4.78, 5) is 33.4. The quantitative estimate of drug-likeness (QED) is 0.327. The molecule has 2 aromatic heterocycles. The summed E-state index contributed by atoms with van der Waals surface area (Å²) in [6, 6.07) is 4.29. The van der Waals surface area contributed by atoms with Gasteiger partial charge in [0, 0.05) is 24.5 Å². The van der Waals surface area contributed by atoms with Gasteiger partial charge in [0.25, 0.3) is 0 Å². The maximum atomic E-state index is 12.4. The molecule has 230 valence electrons. The molecule has 2 aromatic rings. The van der Waals surface area contributed by atoms with Gasteiger partial charge in [-0.25, -0.2) is 9.97 Å². The fourth-order valence-corrected chi connectivity index (χ4v) is 3.41. The lowest BCUT2D eigenvalue weighted by Crippen LogP contribution is -2.53. The minimum atomic E-state index is -4.44. The van der Waals surface area contributed by atoms with Crippen LogP contribution in [0.5, 0.6) is 0 Å². The van der Waals surface area contributed by atoms with Crippen LogP contribution in [0.15, 0.2) is 36.7 Å². The topological polar surface area (TPSA) is 99.3 Å². The Morgan fingerprint density at radius 2 is 1.12 bits per heavy atom. The lowest BCUT2D eigenvalue weighted by atomic mass is 10.0. The third-order valence-corrected chi connectivity index (χ3v) is 6.09. The van der Waals surface area contributed by atoms with E-state index in [-0.39, 0.29) is 35.5 Å². The van der Waals surface area contributed by atoms with Gasteiger partial charge < -0.3 is 16.0 Å². The Hall–Kier alpha value is -3.26. The van der Waals surface area contributed by atoms with Crippen molar-refractivity contribution < 1.29 is 35.9 Å². The van der Waals surface area contributed by atoms with Gasteiger partial charge in [-0.2, -0.15) is 26.3 Å². The summed E-state index contributed by atoms with van der Waals surface area (Å²) in [7, 11) is 1.81. The van der Waals surface area contributed by atoms with Gasteiger partial charge in [0.2, 0.25) is 11.8 Å². The molecular formula is C27H38F6N6O2. The Kier molecular flexibility index (Phi) is 11.9. The molecule has 0 saturated heterocycles. The zero-order chi connectivity index (χ0) is 32.0. The largest absolute Gasteiger partial charge is 0.417 e. The summed E-state index contributed by atoms with van der Waals surface area (Å²) in [6.07, 6.45) is -7.48. The number of likely N-dealkylation sites (N-methyl/N-ethyl adjacent to an activating group) is 1. The zero-order valence-electron chi connectivity index (χ0n) is 24.5. The first-order valence-corrected chi connectivity index (χ1v) is 12.7. The number of alkyl halides is 6. The van der Waals surface area contributed by atoms with Crippen LogP contribution < -0.4 is 16.0 Å². The Labute approximate surface area is 236 Å². The minimum absolute atomic E-state index is 0.0848. The standard InChI is InChI=1S/C14H20F3N3O.C13H18F3N3O/c1-9(2)20(5)13(3,4)12(21)19-11-7-6-10(8-18-11)14(15,16)17;1-8(2)19-12(3,4)11(20)18-10-6-5-9(7-17-10)13(14,15)16/h6-9H,1-5H3,(H,18,19,21);5-8,19H,1-4H3,(H,17,18,20). The molecule has 2 amide bonds. The zero-order valence-corrected chi connectivity index (χ0v) is 24.5. The van der Waals surface area contributed by atoms with Gasteiger partial charge in [-0.1, -0.05) is 0 Å². The van der Waals surface area contributed by atoms with Gasteiger partial charge in [-0.3, -0.25) is 14.5 Å². The third-order valence-electron chi connectivity index (χ3n) is 6.09. The third kappa shape index (κ3) is 10.9. The Morgan fingerprint density at radius 3 is 1.41 bits per heavy atom. The summed E-state index contributed by atoms with van der Waals surface area (Å²) in [5.74, 6) is -0.510. The van der Waals surface area contributed by atoms with E-state index in [0.29, 0.717) is 12.4 Å². The Morgan fingerprint density at radius 1 is 0.732 bits per heavy atom. The molecule has 14 heteroatoms. The van der Waals surface area contributed by atoms with Crippen molar-refractivity contribution in [1.82, 2.24) is 20.2 Å². The van der Waals surface area contributed by atoms with Gasteiger partial charge in [0.1, 0.15) is 11.6 Å². The molecule has 3 N–H and O–H groups in total. The van der Waals surface area contributed by atoms with Crippen LogP contribution in [0.4, 0.5) is 38.0 Å². The summed E-state index contributed by atoms with van der Waals surface area (Å²) in [5.41, 5.74) is -3.36. The van der Waals surface area contributed by atoms with Crippen LogP contribution in [-0.4, -0.2) is 56.9 Å². The number of nitrogens with zero attached hydrogens (tertiary/aromatic N) is 3. The molecule has 0 aliphatic rings. The summed E-state index contributed by atoms with van der Waals surface area (Å²) in [5, 5.41) is 8.08. The highest BCUT2D eigenvalue weighted by molar-refractivity contribution is 5.97. The molecule has 0 bridgehead atoms. The van der Waals surface area contributed by atoms with E-state index in [0.717, 1.165) is 24.3 Å². The highest BCUT2D eigenvalue weighted by atomic mass is 19.4. The molecule has 0 unspecified atom stereocenters. The van der Waals surface area contributed by atoms with Crippen LogP contribution in [0.1, 0.15) is 66.5 Å². The van der Waals surface area contributed by atoms with Crippen LogP contribution in [0, 0.1) is 0 Å². The molecule has 41 heavy (non-hydrogen) atoms. The molecule has 0 aliphatic carbocycles. The number of rotatable bonds is 8. The molecule has 0 radical (unpaired) electrons. The molecule has 0 spiro atoms. The van der Waals surface area contributed by atoms with Crippen molar-refractivity contribution in [1.29, 1.82) is 0 Å². The molecular weight excluding hydrogens is 554 g/mol. The average molecular weight is 593 g/mol. The molecule has 0 aliphatic heterocycles. The molecule has 0 atom stereocenters. The van der Waals surface area contributed by atoms with Gasteiger partial charge in [0.15, 0.2) is 0 Å². The van der Waals surface area contributed by atoms with Crippen LogP contribution in [0.2, 0.25) is 0 Å². The number of pyridine rings is 2. The molecule has 2 heterocycles. The number of amides is 2. The molecule has 0 aromatic carbocycles. The number of hydrogen-bond donors (Lipinski definition) is 3. The highest BCUT2D eigenvalue weighted by Gasteiger charge is 2.35. The van der Waals surface area contributed by atoms with Crippen LogP contribution in [-0.2, 0) is 21.9 Å². The van der Waals surface area contributed by atoms with E-state index >= 15 is 0 Å². The smallest absolute Gasteiger partial charge is 0.309 e. The van der Waals surface area contributed by atoms with Gasteiger partial charge in [-0.05, 0) is 86.7 Å². The second-order valence-electron chi connectivity index (χ2n) is 11.0. The SMILES string of the molecule is CC(C)N(C)C(C)(C)C(=O)Nc1ccc(C(F)(F)F)cn1.CC(C)NC(C)(C)C(=O)Nc1ccc(C(F)(F)F)cn1. The molecule has 2 rings (SSSR count). The summed E-state index contributed by atoms with van der Waals surface area (Å²) >= 11 is 0. The van der Waals surface area contributed by atoms with Gasteiger partial charge >= 0.3 is 12.4 Å². The van der Waals surface area contributed by atoms with E-state index in [1.54, 1.807) is 27.7 Å². The first-order chi connectivity index (χ1) is 18.5. The number of aromatic nitrogens is 2. The van der Waals surface area contributed by atoms with Gasteiger partial charge in [0.05, 0.1) is 22.2 Å². The van der Waals surface area contributed by atoms with Crippen molar-refractivity contribution in [3.8, 4) is 0 Å². The number of carbonyl (C=O) groups excluding carboxylic acids is 2. The van der Waals surface area contributed by atoms with E-state index < -0.39 is 34.6 Å². The number of halogens is 6. The number of carbonyl (C=O) groups is 2. The maximum Gasteiger partial charge on any atom is 0.417 e. The van der Waals surface area contributed by atoms with E-state index in [4.69, 9.17) is 0 Å². The lowest BCUT2D eigenvalue weighted by Gasteiger charge is -2.36. The number of hydrogen-bond acceptors (Lipinski definition) is 6. The van der Waals surface area contributed by atoms with E-state index in [1.165, 1.54) is 0 Å². The second-order valence-corrected chi connectivity index (χ2v) is 11.0. The first-order valence-electron chi connectivity index (χ1n) is 12.7. The second kappa shape index (κ2) is 13.6. The van der Waals surface area contributed by atoms with Crippen molar-refractivity contribution in [3.05, 3.63) is 47.8 Å². The predicted octanol–water partition coefficient (Wildman–Crippen LogP) is 5.97. The highest BCUT2D eigenvalue weighted by Crippen LogP contribution is 2.30. The minimum Gasteiger partial charge on any atom is -0.309 e. The summed E-state index contributed by atoms with van der Waals surface area (Å²) < 4.78 is 74.4. The first kappa shape index (κ1) is 35.8. The molecule has 0 saturated carbocycles. The normalized spacial score (nSPS) is 12.7. The molecule has 8 nitrogen and oxygen atoms in total. The Balaban J connectivity index is 0.000000410. The van der Waals surface area contributed by atoms with Crippen molar-refractivity contribution in [2.75, 3.05) is 17.7 Å². The molecule has 0 fully saturated rings. The van der Waals surface area contributed by atoms with Gasteiger partial charge in [-0.15, -0.1) is 0 Å². The van der Waals surface area contributed by atoms with Crippen LogP contribution in [0.25, 0.3) is 0 Å². The summed E-state index contributed by atoms with van der Waals surface area (Å²) in [6.45, 7) is 14.5. The number of anilines is 2. The number of nitrogens with one attached hydrogen (secondary N) is 3. The van der Waals surface area contributed by atoms with E-state index in [9.17, 15) is 35.9 Å². The van der Waals surface area contributed by atoms with E-state index in [2.05, 4.69) is 25.9 Å². The van der Waals surface area contributed by atoms with Crippen molar-refractivity contribution in [3.63, 3.8) is 0 Å². The lowest BCUT2D eigenvalue weighted by molar-refractivity contribution is -0.138. The maximum absolute atomic E-state index is 12.4. The predicted molar refractivity (Wildman–Crippen MR) is 145 cm³/mol. The Bertz CT molecular complexity index is 1140.